The summed E-state index contributed by atoms with van der Waals surface area (Å²) < 4.78 is 13.4. The van der Waals surface area contributed by atoms with Gasteiger partial charge in [0, 0.05) is 44.9 Å². The van der Waals surface area contributed by atoms with Crippen molar-refractivity contribution in [1.29, 1.82) is 0 Å². The fraction of sp³-hybridized carbons (Fsp3) is 0.350. The van der Waals surface area contributed by atoms with Gasteiger partial charge in [-0.25, -0.2) is 4.39 Å². The molecule has 1 N–H and O–H groups in total. The maximum Gasteiger partial charge on any atom is 0.270 e. The first-order valence-corrected chi connectivity index (χ1v) is 9.63. The van der Waals surface area contributed by atoms with E-state index in [-0.39, 0.29) is 28.1 Å². The van der Waals surface area contributed by atoms with Crippen LogP contribution in [0, 0.1) is 15.9 Å². The number of nitrogens with zero attached hydrogens (tertiary/aromatic N) is 3. The summed E-state index contributed by atoms with van der Waals surface area (Å²) in [5, 5.41) is 13.7. The predicted molar refractivity (Wildman–Crippen MR) is 109 cm³/mol. The Morgan fingerprint density at radius 2 is 1.86 bits per heavy atom. The largest absolute Gasteiger partial charge is 0.350 e. The Kier molecular flexibility index (Phi) is 6.79. The lowest BCUT2D eigenvalue weighted by molar-refractivity contribution is -0.384. The third kappa shape index (κ3) is 5.29. The molecule has 7 nitrogen and oxygen atoms in total. The van der Waals surface area contributed by atoms with Crippen molar-refractivity contribution in [3.63, 3.8) is 0 Å². The van der Waals surface area contributed by atoms with Crippen molar-refractivity contribution in [2.45, 2.75) is 6.04 Å². The van der Waals surface area contributed by atoms with Gasteiger partial charge in [-0.05, 0) is 30.8 Å². The van der Waals surface area contributed by atoms with E-state index in [1.54, 1.807) is 12.1 Å². The number of carbonyl (C=O) groups is 1. The van der Waals surface area contributed by atoms with Gasteiger partial charge in [-0.15, -0.1) is 0 Å². The van der Waals surface area contributed by atoms with Gasteiger partial charge < -0.3 is 10.2 Å². The highest BCUT2D eigenvalue weighted by atomic mass is 35.5. The number of amides is 1. The lowest BCUT2D eigenvalue weighted by Gasteiger charge is -2.38. The third-order valence-electron chi connectivity index (χ3n) is 5.10. The van der Waals surface area contributed by atoms with Crippen molar-refractivity contribution in [3.8, 4) is 0 Å². The maximum absolute atomic E-state index is 13.4. The van der Waals surface area contributed by atoms with Crippen LogP contribution in [-0.4, -0.2) is 60.4 Å². The first-order valence-electron chi connectivity index (χ1n) is 9.25. The summed E-state index contributed by atoms with van der Waals surface area (Å²) in [4.78, 5) is 27.4. The van der Waals surface area contributed by atoms with Crippen LogP contribution in [0.5, 0.6) is 0 Å². The first kappa shape index (κ1) is 21.2. The normalized spacial score (nSPS) is 16.4. The molecule has 0 aliphatic carbocycles. The molecule has 3 rings (SSSR count). The van der Waals surface area contributed by atoms with Crippen molar-refractivity contribution in [1.82, 2.24) is 15.1 Å². The van der Waals surface area contributed by atoms with Gasteiger partial charge in [0.2, 0.25) is 0 Å². The Morgan fingerprint density at radius 1 is 1.21 bits per heavy atom. The van der Waals surface area contributed by atoms with Gasteiger partial charge in [-0.1, -0.05) is 23.7 Å². The third-order valence-corrected chi connectivity index (χ3v) is 5.41. The number of halogens is 2. The molecular formula is C20H22ClFN4O3. The molecule has 2 aromatic rings. The highest BCUT2D eigenvalue weighted by Gasteiger charge is 2.25. The molecule has 1 fully saturated rings. The second-order valence-corrected chi connectivity index (χ2v) is 7.45. The minimum atomic E-state index is -0.564. The van der Waals surface area contributed by atoms with Crippen molar-refractivity contribution in [2.24, 2.45) is 0 Å². The summed E-state index contributed by atoms with van der Waals surface area (Å²) in [5.74, 6) is -0.723. The number of nitrogens with one attached hydrogen (secondary N) is 1. The number of likely N-dealkylation sites (N-methyl/N-ethyl adjacent to an activating group) is 1. The maximum atomic E-state index is 13.4. The number of rotatable bonds is 6. The minimum absolute atomic E-state index is 0.0228. The number of hydrogen-bond acceptors (Lipinski definition) is 5. The van der Waals surface area contributed by atoms with E-state index >= 15 is 0 Å². The molecule has 0 bridgehead atoms. The molecule has 2 aromatic carbocycles. The Bertz CT molecular complexity index is 886. The van der Waals surface area contributed by atoms with Crippen LogP contribution in [-0.2, 0) is 0 Å². The molecule has 1 atom stereocenters. The summed E-state index contributed by atoms with van der Waals surface area (Å²) in [5.41, 5.74) is 0.910. The van der Waals surface area contributed by atoms with E-state index in [2.05, 4.69) is 22.2 Å². The van der Waals surface area contributed by atoms with Crippen LogP contribution in [0.15, 0.2) is 42.5 Å². The molecule has 0 radical (unpaired) electrons. The summed E-state index contributed by atoms with van der Waals surface area (Å²) in [7, 11) is 2.06. The van der Waals surface area contributed by atoms with Crippen molar-refractivity contribution < 1.29 is 14.1 Å². The fourth-order valence-electron chi connectivity index (χ4n) is 3.36. The molecule has 154 valence electrons. The average molecular weight is 421 g/mol. The van der Waals surface area contributed by atoms with Crippen LogP contribution in [0.2, 0.25) is 5.02 Å². The van der Waals surface area contributed by atoms with Crippen molar-refractivity contribution in [3.05, 3.63) is 74.5 Å². The summed E-state index contributed by atoms with van der Waals surface area (Å²) >= 11 is 6.06. The van der Waals surface area contributed by atoms with E-state index in [9.17, 15) is 19.3 Å². The van der Waals surface area contributed by atoms with Gasteiger partial charge in [0.25, 0.3) is 11.6 Å². The summed E-state index contributed by atoms with van der Waals surface area (Å²) in [6.07, 6.45) is 0. The molecule has 1 saturated heterocycles. The molecule has 0 spiro atoms. The van der Waals surface area contributed by atoms with Crippen molar-refractivity contribution in [2.75, 3.05) is 39.8 Å². The molecule has 0 aromatic heterocycles. The Labute approximate surface area is 173 Å². The highest BCUT2D eigenvalue weighted by molar-refractivity contribution is 6.34. The van der Waals surface area contributed by atoms with Crippen LogP contribution in [0.4, 0.5) is 10.1 Å². The molecule has 1 aliphatic rings. The Morgan fingerprint density at radius 3 is 2.45 bits per heavy atom. The van der Waals surface area contributed by atoms with Gasteiger partial charge in [0.15, 0.2) is 0 Å². The molecule has 1 unspecified atom stereocenters. The van der Waals surface area contributed by atoms with Gasteiger partial charge in [0.05, 0.1) is 21.6 Å². The molecule has 1 heterocycles. The number of nitro benzene ring substituents is 1. The topological polar surface area (TPSA) is 78.7 Å². The molecule has 9 heteroatoms. The number of piperazine rings is 1. The van der Waals surface area contributed by atoms with Crippen LogP contribution >= 0.6 is 11.6 Å². The second-order valence-electron chi connectivity index (χ2n) is 7.04. The van der Waals surface area contributed by atoms with E-state index in [4.69, 9.17) is 11.6 Å². The number of carbonyl (C=O) groups excluding carboxylic acids is 1. The second kappa shape index (κ2) is 9.30. The highest BCUT2D eigenvalue weighted by Crippen LogP contribution is 2.24. The SMILES string of the molecule is CN1CCN(C(CNC(=O)c2ccc([N+](=O)[O-])cc2Cl)c2ccc(F)cc2)CC1. The zero-order valence-electron chi connectivity index (χ0n) is 16.0. The molecular weight excluding hydrogens is 399 g/mol. The predicted octanol–water partition coefficient (Wildman–Crippen LogP) is 3.11. The van der Waals surface area contributed by atoms with Gasteiger partial charge >= 0.3 is 0 Å². The Balaban J connectivity index is 1.75. The first-order chi connectivity index (χ1) is 13.8. The number of benzene rings is 2. The number of non-ortho nitro benzene ring substituents is 1. The zero-order chi connectivity index (χ0) is 21.0. The standard InChI is InChI=1S/C20H22ClFN4O3/c1-24-8-10-25(11-9-24)19(14-2-4-15(22)5-3-14)13-23-20(27)17-7-6-16(26(28)29)12-18(17)21/h2-7,12,19H,8-11,13H2,1H3,(H,23,27). The van der Waals surface area contributed by atoms with Crippen LogP contribution in [0.1, 0.15) is 22.0 Å². The minimum Gasteiger partial charge on any atom is -0.350 e. The summed E-state index contributed by atoms with van der Waals surface area (Å²) in [6.45, 7) is 3.76. The van der Waals surface area contributed by atoms with Crippen molar-refractivity contribution >= 4 is 23.2 Å². The quantitative estimate of drug-likeness (QED) is 0.574. The van der Waals surface area contributed by atoms with Crippen LogP contribution in [0.3, 0.4) is 0 Å². The average Bonchev–Trinajstić information content (AvgIpc) is 2.70. The monoisotopic (exact) mass is 420 g/mol. The molecule has 1 amide bonds. The van der Waals surface area contributed by atoms with E-state index < -0.39 is 10.8 Å². The lowest BCUT2D eigenvalue weighted by atomic mass is 10.0. The number of hydrogen-bond donors (Lipinski definition) is 1. The smallest absolute Gasteiger partial charge is 0.270 e. The lowest BCUT2D eigenvalue weighted by Crippen LogP contribution is -2.48. The number of nitro groups is 1. The fourth-order valence-corrected chi connectivity index (χ4v) is 3.62. The molecule has 1 aliphatic heterocycles. The van der Waals surface area contributed by atoms with Crippen LogP contribution < -0.4 is 5.32 Å². The van der Waals surface area contributed by atoms with E-state index in [1.807, 2.05) is 0 Å². The zero-order valence-corrected chi connectivity index (χ0v) is 16.7. The Hall–Kier alpha value is -2.55. The van der Waals surface area contributed by atoms with E-state index in [0.29, 0.717) is 6.54 Å². The van der Waals surface area contributed by atoms with Crippen LogP contribution in [0.25, 0.3) is 0 Å². The summed E-state index contributed by atoms with van der Waals surface area (Å²) in [6, 6.07) is 9.91. The van der Waals surface area contributed by atoms with E-state index in [0.717, 1.165) is 37.8 Å². The molecule has 29 heavy (non-hydrogen) atoms. The molecule has 0 saturated carbocycles. The van der Waals surface area contributed by atoms with E-state index in [1.165, 1.54) is 24.3 Å². The van der Waals surface area contributed by atoms with Gasteiger partial charge in [0.1, 0.15) is 5.82 Å². The van der Waals surface area contributed by atoms with Gasteiger partial charge in [-0.3, -0.25) is 19.8 Å². The van der Waals surface area contributed by atoms with Gasteiger partial charge in [-0.2, -0.15) is 0 Å².